The summed E-state index contributed by atoms with van der Waals surface area (Å²) in [5.41, 5.74) is 20.5. The van der Waals surface area contributed by atoms with Gasteiger partial charge in [-0.25, -0.2) is 4.68 Å². The first kappa shape index (κ1) is 45.6. The Labute approximate surface area is 457 Å². The summed E-state index contributed by atoms with van der Waals surface area (Å²) in [7, 11) is 0. The highest BCUT2D eigenvalue weighted by molar-refractivity contribution is 6.12. The third-order valence-corrected chi connectivity index (χ3v) is 15.3. The van der Waals surface area contributed by atoms with Crippen molar-refractivity contribution in [2.75, 3.05) is 9.80 Å². The van der Waals surface area contributed by atoms with Gasteiger partial charge in [0.2, 0.25) is 0 Å². The van der Waals surface area contributed by atoms with Crippen LogP contribution in [0.25, 0.3) is 94.0 Å². The fraction of sp³-hybridized carbons (Fsp3) is 0. The highest BCUT2D eigenvalue weighted by Crippen LogP contribution is 2.43. The molecule has 372 valence electrons. The van der Waals surface area contributed by atoms with Gasteiger partial charge in [-0.3, -0.25) is 0 Å². The second kappa shape index (κ2) is 19.1. The molecule has 0 bridgehead atoms. The number of nitrogens with zero attached hydrogens (tertiary/aromatic N) is 7. The zero-order chi connectivity index (χ0) is 52.2. The van der Waals surface area contributed by atoms with E-state index in [9.17, 15) is 0 Å². The largest absolute Gasteiger partial charge is 0.310 e. The van der Waals surface area contributed by atoms with Gasteiger partial charge < -0.3 is 18.9 Å². The van der Waals surface area contributed by atoms with Crippen molar-refractivity contribution in [1.29, 1.82) is 0 Å². The normalized spacial score (nSPS) is 11.5. The van der Waals surface area contributed by atoms with Crippen molar-refractivity contribution in [3.05, 3.63) is 297 Å². The van der Waals surface area contributed by atoms with Gasteiger partial charge in [0, 0.05) is 67.0 Å². The van der Waals surface area contributed by atoms with Gasteiger partial charge in [-0.15, -0.1) is 5.10 Å². The molecule has 0 amide bonds. The highest BCUT2D eigenvalue weighted by Gasteiger charge is 2.20. The van der Waals surface area contributed by atoms with E-state index in [-0.39, 0.29) is 0 Å². The average molecular weight is 1010 g/mol. The van der Waals surface area contributed by atoms with Gasteiger partial charge in [-0.1, -0.05) is 151 Å². The predicted octanol–water partition coefficient (Wildman–Crippen LogP) is 18.9. The van der Waals surface area contributed by atoms with E-state index in [1.165, 1.54) is 21.5 Å². The van der Waals surface area contributed by atoms with Crippen LogP contribution in [0.1, 0.15) is 0 Å². The fourth-order valence-corrected chi connectivity index (χ4v) is 11.7. The average Bonchev–Trinajstić information content (AvgIpc) is 4.43. The summed E-state index contributed by atoms with van der Waals surface area (Å²) in [6, 6.07) is 106. The molecule has 15 rings (SSSR count). The first-order chi connectivity index (χ1) is 39.2. The first-order valence-electron chi connectivity index (χ1n) is 26.7. The lowest BCUT2D eigenvalue weighted by atomic mass is 9.97. The maximum atomic E-state index is 4.70. The minimum atomic E-state index is 0.848. The van der Waals surface area contributed by atoms with Crippen LogP contribution in [-0.4, -0.2) is 24.1 Å². The van der Waals surface area contributed by atoms with Crippen molar-refractivity contribution < 1.29 is 0 Å². The van der Waals surface area contributed by atoms with E-state index >= 15 is 0 Å². The van der Waals surface area contributed by atoms with Crippen LogP contribution >= 0.6 is 0 Å². The number of aromatic nitrogens is 5. The third-order valence-electron chi connectivity index (χ3n) is 15.3. The minimum Gasteiger partial charge on any atom is -0.310 e. The number of para-hydroxylation sites is 7. The van der Waals surface area contributed by atoms with Crippen molar-refractivity contribution in [2.45, 2.75) is 0 Å². The summed E-state index contributed by atoms with van der Waals surface area (Å²) in [5.74, 6) is 0. The Hall–Kier alpha value is -10.8. The van der Waals surface area contributed by atoms with Crippen molar-refractivity contribution in [3.63, 3.8) is 0 Å². The molecule has 7 heteroatoms. The second-order valence-corrected chi connectivity index (χ2v) is 20.0. The molecule has 0 unspecified atom stereocenters. The Bertz CT molecular complexity index is 4360. The van der Waals surface area contributed by atoms with E-state index in [2.05, 4.69) is 303 Å². The van der Waals surface area contributed by atoms with E-state index < -0.39 is 0 Å². The van der Waals surface area contributed by atoms with Crippen molar-refractivity contribution >= 4 is 88.8 Å². The van der Waals surface area contributed by atoms with Crippen LogP contribution in [0.3, 0.4) is 0 Å². The smallest absolute Gasteiger partial charge is 0.113 e. The zero-order valence-corrected chi connectivity index (χ0v) is 42.9. The Morgan fingerprint density at radius 3 is 1.04 bits per heavy atom. The summed E-state index contributed by atoms with van der Waals surface area (Å²) < 4.78 is 6.73. The summed E-state index contributed by atoms with van der Waals surface area (Å²) in [4.78, 5) is 4.65. The van der Waals surface area contributed by atoms with Gasteiger partial charge in [-0.2, -0.15) is 0 Å². The molecule has 3 aromatic heterocycles. The van der Waals surface area contributed by atoms with E-state index in [1.807, 2.05) is 22.9 Å². The minimum absolute atomic E-state index is 0.848. The fourth-order valence-electron chi connectivity index (χ4n) is 11.7. The van der Waals surface area contributed by atoms with Gasteiger partial charge in [0.05, 0.1) is 33.3 Å². The lowest BCUT2D eigenvalue weighted by molar-refractivity contribution is 0.824. The van der Waals surface area contributed by atoms with Crippen LogP contribution in [-0.2, 0) is 0 Å². The molecular formula is C72H49N7. The van der Waals surface area contributed by atoms with Crippen LogP contribution in [0.4, 0.5) is 34.1 Å². The van der Waals surface area contributed by atoms with E-state index in [0.29, 0.717) is 0 Å². The molecule has 0 aliphatic heterocycles. The molecule has 0 saturated carbocycles. The lowest BCUT2D eigenvalue weighted by Gasteiger charge is -2.25. The molecule has 7 nitrogen and oxygen atoms in total. The Balaban J connectivity index is 0.810. The molecule has 0 N–H and O–H groups in total. The molecule has 0 saturated heterocycles. The SMILES string of the molecule is c1ccc(N(c2ccccc2)c2ccc3c(c2)c2ccccc2n3-c2ccc(-c3cc(-c4ccc(-n5c6ccccc6c6cc(N(c7ccccc7)c7ccccc7)ccc65)cc4)cc(-n4nnc5ccccc54)c3)cc2)cc1. The monoisotopic (exact) mass is 1010 g/mol. The zero-order valence-electron chi connectivity index (χ0n) is 42.9. The number of benzene rings is 12. The Morgan fingerprint density at radius 1 is 0.241 bits per heavy atom. The van der Waals surface area contributed by atoms with Crippen molar-refractivity contribution in [3.8, 4) is 39.3 Å². The third kappa shape index (κ3) is 7.99. The van der Waals surface area contributed by atoms with Gasteiger partial charge in [-0.05, 0) is 174 Å². The number of fused-ring (bicyclic) bond motifs is 7. The number of hydrogen-bond acceptors (Lipinski definition) is 4. The Kier molecular flexibility index (Phi) is 11.0. The lowest BCUT2D eigenvalue weighted by Crippen LogP contribution is -2.09. The molecule has 0 aliphatic carbocycles. The van der Waals surface area contributed by atoms with Gasteiger partial charge in [0.15, 0.2) is 0 Å². The quantitative estimate of drug-likeness (QED) is 0.130. The molecule has 0 aliphatic rings. The van der Waals surface area contributed by atoms with Crippen LogP contribution in [0.2, 0.25) is 0 Å². The van der Waals surface area contributed by atoms with Crippen LogP contribution in [0.15, 0.2) is 297 Å². The van der Waals surface area contributed by atoms with Gasteiger partial charge in [0.1, 0.15) is 5.52 Å². The molecular weight excluding hydrogens is 963 g/mol. The summed E-state index contributed by atoms with van der Waals surface area (Å²) in [6.07, 6.45) is 0. The molecule has 0 atom stereocenters. The molecule has 3 heterocycles. The summed E-state index contributed by atoms with van der Waals surface area (Å²) in [6.45, 7) is 0. The summed E-state index contributed by atoms with van der Waals surface area (Å²) >= 11 is 0. The van der Waals surface area contributed by atoms with E-state index in [1.54, 1.807) is 0 Å². The molecule has 0 fully saturated rings. The topological polar surface area (TPSA) is 47.0 Å². The van der Waals surface area contributed by atoms with Crippen molar-refractivity contribution in [1.82, 2.24) is 24.1 Å². The Morgan fingerprint density at radius 2 is 0.608 bits per heavy atom. The molecule has 15 aromatic rings. The second-order valence-electron chi connectivity index (χ2n) is 20.0. The molecule has 0 radical (unpaired) electrons. The van der Waals surface area contributed by atoms with Crippen LogP contribution in [0.5, 0.6) is 0 Å². The van der Waals surface area contributed by atoms with Crippen LogP contribution < -0.4 is 9.80 Å². The molecule has 12 aromatic carbocycles. The number of hydrogen-bond donors (Lipinski definition) is 0. The number of rotatable bonds is 11. The standard InChI is InChI=1S/C72H49N7/c1-5-19-54(20-6-1)75(55-21-7-2-8-22-55)60-41-43-70-65(48-60)63-27-13-16-30-68(63)77(70)58-37-33-50(34-38-58)52-45-53(47-62(46-52)79-72-32-18-15-29-67(72)73-74-79)51-35-39-59(40-36-51)78-69-31-17-14-28-64(69)66-49-61(42-44-71(66)78)76(56-23-9-3-10-24-56)57-25-11-4-12-26-57/h1-49H. The summed E-state index contributed by atoms with van der Waals surface area (Å²) in [5, 5.41) is 14.1. The maximum absolute atomic E-state index is 4.70. The van der Waals surface area contributed by atoms with Crippen molar-refractivity contribution in [2.24, 2.45) is 0 Å². The molecule has 79 heavy (non-hydrogen) atoms. The predicted molar refractivity (Wildman–Crippen MR) is 328 cm³/mol. The van der Waals surface area contributed by atoms with E-state index in [4.69, 9.17) is 5.21 Å². The van der Waals surface area contributed by atoms with Gasteiger partial charge in [0.25, 0.3) is 0 Å². The number of anilines is 6. The van der Waals surface area contributed by atoms with Crippen LogP contribution in [0, 0.1) is 0 Å². The van der Waals surface area contributed by atoms with Gasteiger partial charge >= 0.3 is 0 Å². The highest BCUT2D eigenvalue weighted by atomic mass is 15.4. The molecule has 0 spiro atoms. The first-order valence-corrected chi connectivity index (χ1v) is 26.7. The van der Waals surface area contributed by atoms with E-state index in [0.717, 1.165) is 107 Å². The maximum Gasteiger partial charge on any atom is 0.113 e.